The van der Waals surface area contributed by atoms with Gasteiger partial charge in [0.1, 0.15) is 11.3 Å². The number of nitrogens with zero attached hydrogens (tertiary/aromatic N) is 6. The molecule has 3 fully saturated rings. The highest BCUT2D eigenvalue weighted by molar-refractivity contribution is 5.86. The lowest BCUT2D eigenvalue weighted by Crippen LogP contribution is -2.31. The van der Waals surface area contributed by atoms with Crippen molar-refractivity contribution in [3.8, 4) is 11.6 Å². The number of hydrogen-bond donors (Lipinski definition) is 2. The third-order valence-electron chi connectivity index (χ3n) is 9.44. The molecule has 3 saturated carbocycles. The van der Waals surface area contributed by atoms with E-state index in [1.807, 2.05) is 18.5 Å². The summed E-state index contributed by atoms with van der Waals surface area (Å²) in [6.45, 7) is 5.50. The molecule has 204 valence electrons. The molecule has 3 aliphatic carbocycles. The molecule has 4 heterocycles. The number of hydrogen-bond acceptors (Lipinski definition) is 8. The molecule has 0 aliphatic heterocycles. The Hall–Kier alpha value is -3.56. The van der Waals surface area contributed by atoms with E-state index in [0.717, 1.165) is 42.5 Å². The van der Waals surface area contributed by atoms with Crippen molar-refractivity contribution in [1.82, 2.24) is 34.6 Å². The Kier molecular flexibility index (Phi) is 6.01. The number of aromatic nitrogens is 7. The average Bonchev–Trinajstić information content (AvgIpc) is 3.46. The predicted molar refractivity (Wildman–Crippen MR) is 147 cm³/mol. The molecule has 0 amide bonds. The summed E-state index contributed by atoms with van der Waals surface area (Å²) in [5.41, 5.74) is 2.60. The molecular weight excluding hydrogens is 492 g/mol. The minimum absolute atomic E-state index is 0.170. The van der Waals surface area contributed by atoms with Crippen LogP contribution in [-0.4, -0.2) is 40.7 Å². The molecule has 10 nitrogen and oxygen atoms in total. The zero-order valence-electron chi connectivity index (χ0n) is 22.7. The van der Waals surface area contributed by atoms with Gasteiger partial charge in [-0.15, -0.1) is 0 Å². The van der Waals surface area contributed by atoms with E-state index in [2.05, 4.69) is 44.9 Å². The third-order valence-corrected chi connectivity index (χ3v) is 9.44. The number of aromatic amines is 1. The summed E-state index contributed by atoms with van der Waals surface area (Å²) in [5.74, 6) is 3.69. The van der Waals surface area contributed by atoms with Crippen LogP contribution in [0.4, 0.5) is 5.82 Å². The molecule has 4 aromatic heterocycles. The van der Waals surface area contributed by atoms with E-state index < -0.39 is 5.76 Å². The van der Waals surface area contributed by atoms with E-state index >= 15 is 0 Å². The van der Waals surface area contributed by atoms with Gasteiger partial charge in [0.2, 0.25) is 11.6 Å². The van der Waals surface area contributed by atoms with E-state index in [1.54, 1.807) is 0 Å². The Morgan fingerprint density at radius 1 is 1.15 bits per heavy atom. The van der Waals surface area contributed by atoms with Crippen molar-refractivity contribution in [3.63, 3.8) is 0 Å². The van der Waals surface area contributed by atoms with Crippen molar-refractivity contribution >= 4 is 17.0 Å². The van der Waals surface area contributed by atoms with Gasteiger partial charge in [0, 0.05) is 25.0 Å². The monoisotopic (exact) mass is 528 g/mol. The second-order valence-electron chi connectivity index (χ2n) is 12.1. The van der Waals surface area contributed by atoms with Crippen LogP contribution in [0.25, 0.3) is 22.8 Å². The van der Waals surface area contributed by atoms with Crippen LogP contribution in [0.2, 0.25) is 0 Å². The second-order valence-corrected chi connectivity index (χ2v) is 12.1. The molecule has 3 aliphatic rings. The first-order valence-electron chi connectivity index (χ1n) is 14.5. The van der Waals surface area contributed by atoms with E-state index in [4.69, 9.17) is 19.5 Å². The molecule has 39 heavy (non-hydrogen) atoms. The summed E-state index contributed by atoms with van der Waals surface area (Å²) in [7, 11) is 0. The Labute approximate surface area is 227 Å². The second kappa shape index (κ2) is 9.57. The fourth-order valence-corrected chi connectivity index (χ4v) is 6.57. The Morgan fingerprint density at radius 2 is 1.97 bits per heavy atom. The number of fused-ring (bicyclic) bond motifs is 1. The van der Waals surface area contributed by atoms with E-state index in [9.17, 15) is 4.79 Å². The lowest BCUT2D eigenvalue weighted by atomic mass is 9.80. The molecule has 1 atom stereocenters. The smallest absolute Gasteiger partial charge is 0.365 e. The molecule has 0 radical (unpaired) electrons. The van der Waals surface area contributed by atoms with Crippen molar-refractivity contribution in [2.24, 2.45) is 17.8 Å². The summed E-state index contributed by atoms with van der Waals surface area (Å²) in [6, 6.07) is 4.44. The van der Waals surface area contributed by atoms with Gasteiger partial charge in [0.25, 0.3) is 0 Å². The van der Waals surface area contributed by atoms with E-state index in [1.165, 1.54) is 50.5 Å². The van der Waals surface area contributed by atoms with Gasteiger partial charge in [-0.2, -0.15) is 0 Å². The normalized spacial score (nSPS) is 23.4. The molecular formula is C29H36N8O2. The number of rotatable bonds is 8. The number of pyridine rings is 1. The summed E-state index contributed by atoms with van der Waals surface area (Å²) in [4.78, 5) is 33.8. The molecule has 0 saturated heterocycles. The van der Waals surface area contributed by atoms with Crippen LogP contribution in [0.15, 0.2) is 33.8 Å². The van der Waals surface area contributed by atoms with Crippen LogP contribution in [-0.2, 0) is 12.0 Å². The van der Waals surface area contributed by atoms with Crippen molar-refractivity contribution in [2.75, 3.05) is 5.32 Å². The number of nitrogens with one attached hydrogen (secondary N) is 2. The quantitative estimate of drug-likeness (QED) is 0.324. The Morgan fingerprint density at radius 3 is 2.62 bits per heavy atom. The molecule has 0 aromatic carbocycles. The lowest BCUT2D eigenvalue weighted by molar-refractivity contribution is 0.264. The Bertz CT molecular complexity index is 1520. The minimum Gasteiger partial charge on any atom is -0.365 e. The first-order chi connectivity index (χ1) is 19.0. The van der Waals surface area contributed by atoms with Crippen molar-refractivity contribution in [3.05, 3.63) is 46.5 Å². The SMILES string of the molecule is C[C@@H](Nc1nc(-c2noc(=O)[nH]2)nc2nc(C3(c4cccnc4)CC3)n(C[C@H]3CC[C@H](C)CC3)c12)C1CCC1. The van der Waals surface area contributed by atoms with Crippen molar-refractivity contribution in [1.29, 1.82) is 0 Å². The zero-order chi connectivity index (χ0) is 26.6. The maximum Gasteiger partial charge on any atom is 0.439 e. The minimum atomic E-state index is -0.628. The topological polar surface area (TPSA) is 127 Å². The molecule has 2 N–H and O–H groups in total. The maximum atomic E-state index is 11.7. The van der Waals surface area contributed by atoms with Gasteiger partial charge in [-0.3, -0.25) is 14.5 Å². The highest BCUT2D eigenvalue weighted by Crippen LogP contribution is 2.54. The summed E-state index contributed by atoms with van der Waals surface area (Å²) in [5, 5.41) is 7.61. The summed E-state index contributed by atoms with van der Waals surface area (Å²) < 4.78 is 7.20. The number of imidazole rings is 1. The van der Waals surface area contributed by atoms with Crippen LogP contribution in [0.1, 0.15) is 83.0 Å². The van der Waals surface area contributed by atoms with Crippen LogP contribution in [0.3, 0.4) is 0 Å². The summed E-state index contributed by atoms with van der Waals surface area (Å²) >= 11 is 0. The maximum absolute atomic E-state index is 11.7. The highest BCUT2D eigenvalue weighted by Gasteiger charge is 2.50. The van der Waals surface area contributed by atoms with E-state index in [0.29, 0.717) is 23.3 Å². The number of H-pyrrole nitrogens is 1. The van der Waals surface area contributed by atoms with Gasteiger partial charge in [-0.1, -0.05) is 37.4 Å². The van der Waals surface area contributed by atoms with Gasteiger partial charge in [0.15, 0.2) is 11.5 Å². The molecule has 10 heteroatoms. The average molecular weight is 529 g/mol. The van der Waals surface area contributed by atoms with Gasteiger partial charge in [-0.05, 0) is 74.8 Å². The fourth-order valence-electron chi connectivity index (χ4n) is 6.57. The van der Waals surface area contributed by atoms with Gasteiger partial charge >= 0.3 is 5.76 Å². The molecule has 0 spiro atoms. The van der Waals surface area contributed by atoms with Crippen LogP contribution in [0, 0.1) is 17.8 Å². The summed E-state index contributed by atoms with van der Waals surface area (Å²) in [6.07, 6.45) is 14.6. The standard InChI is InChI=1S/C29H36N8O2/c1-17-8-10-19(11-9-17)16-37-22-23(31-18(2)20-5-3-6-20)32-25(26-35-28(38)39-36-26)33-24(22)34-27(37)29(12-13-29)21-7-4-14-30-15-21/h4,7,14-15,17-20H,3,5-6,8-13,16H2,1-2H3,(H,31,32,33)(H,35,36,38)/t17-,18-,19-/m1/s1. The van der Waals surface area contributed by atoms with Gasteiger partial charge < -0.3 is 9.88 Å². The Balaban J connectivity index is 1.40. The van der Waals surface area contributed by atoms with Crippen LogP contribution < -0.4 is 11.1 Å². The highest BCUT2D eigenvalue weighted by atomic mass is 16.5. The molecule has 0 unspecified atom stereocenters. The lowest BCUT2D eigenvalue weighted by Gasteiger charge is -2.32. The van der Waals surface area contributed by atoms with Gasteiger partial charge in [0.05, 0.1) is 5.41 Å². The van der Waals surface area contributed by atoms with Crippen LogP contribution >= 0.6 is 0 Å². The largest absolute Gasteiger partial charge is 0.439 e. The van der Waals surface area contributed by atoms with Crippen molar-refractivity contribution in [2.45, 2.75) is 89.6 Å². The fraction of sp³-hybridized carbons (Fsp3) is 0.586. The third kappa shape index (κ3) is 4.43. The first-order valence-corrected chi connectivity index (χ1v) is 14.5. The zero-order valence-corrected chi connectivity index (χ0v) is 22.7. The first kappa shape index (κ1) is 24.5. The van der Waals surface area contributed by atoms with Crippen molar-refractivity contribution < 1.29 is 4.52 Å². The van der Waals surface area contributed by atoms with E-state index in [-0.39, 0.29) is 17.3 Å². The van der Waals surface area contributed by atoms with Crippen LogP contribution in [0.5, 0.6) is 0 Å². The molecule has 0 bridgehead atoms. The van der Waals surface area contributed by atoms with Gasteiger partial charge in [-0.25, -0.2) is 19.7 Å². The molecule has 7 rings (SSSR count). The number of anilines is 1. The predicted octanol–water partition coefficient (Wildman–Crippen LogP) is 5.07. The molecule has 4 aromatic rings.